The highest BCUT2D eigenvalue weighted by atomic mass is 16.5. The third-order valence-corrected chi connectivity index (χ3v) is 6.87. The first-order chi connectivity index (χ1) is 11.2. The molecule has 0 aromatic heterocycles. The van der Waals surface area contributed by atoms with Gasteiger partial charge in [-0.15, -0.1) is 0 Å². The van der Waals surface area contributed by atoms with Crippen molar-refractivity contribution in [3.05, 3.63) is 23.3 Å². The van der Waals surface area contributed by atoms with Crippen LogP contribution in [-0.4, -0.2) is 43.5 Å². The van der Waals surface area contributed by atoms with E-state index in [2.05, 4.69) is 18.0 Å². The minimum Gasteiger partial charge on any atom is -0.493 e. The minimum atomic E-state index is -0.291. The van der Waals surface area contributed by atoms with Gasteiger partial charge in [-0.1, -0.05) is 6.07 Å². The minimum absolute atomic E-state index is 0.109. The van der Waals surface area contributed by atoms with Crippen LogP contribution in [-0.2, 0) is 16.6 Å². The Hall–Kier alpha value is -1.55. The van der Waals surface area contributed by atoms with Crippen LogP contribution < -0.4 is 9.47 Å². The van der Waals surface area contributed by atoms with Gasteiger partial charge >= 0.3 is 0 Å². The molecule has 122 valence electrons. The number of piperidine rings is 1. The van der Waals surface area contributed by atoms with E-state index in [9.17, 15) is 4.79 Å². The Balaban J connectivity index is 1.81. The van der Waals surface area contributed by atoms with E-state index in [1.165, 1.54) is 17.5 Å². The first-order valence-electron chi connectivity index (χ1n) is 8.77. The molecule has 2 heterocycles. The quantitative estimate of drug-likeness (QED) is 0.797. The maximum atomic E-state index is 12.7. The van der Waals surface area contributed by atoms with Crippen LogP contribution >= 0.6 is 0 Å². The van der Waals surface area contributed by atoms with Crippen LogP contribution in [0.3, 0.4) is 0 Å². The second kappa shape index (κ2) is 4.50. The Labute approximate surface area is 136 Å². The SMILES string of the molecule is COc1ccc2c3c1OC1C(=O)CCC4C(CC2)N(C)CCC314. The zero-order valence-corrected chi connectivity index (χ0v) is 13.8. The van der Waals surface area contributed by atoms with E-state index in [4.69, 9.17) is 9.47 Å². The number of ketones is 1. The average Bonchev–Trinajstić information content (AvgIpc) is 2.86. The Morgan fingerprint density at radius 2 is 2.17 bits per heavy atom. The molecule has 1 saturated carbocycles. The summed E-state index contributed by atoms with van der Waals surface area (Å²) in [5, 5.41) is 0. The molecule has 1 spiro atoms. The second-order valence-electron chi connectivity index (χ2n) is 7.62. The first kappa shape index (κ1) is 13.8. The van der Waals surface area contributed by atoms with Crippen LogP contribution in [0, 0.1) is 5.92 Å². The Kier molecular flexibility index (Phi) is 2.71. The summed E-state index contributed by atoms with van der Waals surface area (Å²) in [6, 6.07) is 4.78. The molecule has 1 aromatic carbocycles. The van der Waals surface area contributed by atoms with Crippen LogP contribution in [0.1, 0.15) is 36.8 Å². The average molecular weight is 313 g/mol. The van der Waals surface area contributed by atoms with E-state index in [0.717, 1.165) is 37.3 Å². The molecule has 1 aromatic rings. The van der Waals surface area contributed by atoms with Crippen molar-refractivity contribution >= 4 is 5.78 Å². The fourth-order valence-electron chi connectivity index (χ4n) is 5.91. The molecule has 0 N–H and O–H groups in total. The van der Waals surface area contributed by atoms with Gasteiger partial charge in [0.25, 0.3) is 0 Å². The van der Waals surface area contributed by atoms with Gasteiger partial charge in [0.15, 0.2) is 23.4 Å². The van der Waals surface area contributed by atoms with Crippen molar-refractivity contribution < 1.29 is 14.3 Å². The van der Waals surface area contributed by atoms with Gasteiger partial charge in [0, 0.05) is 23.4 Å². The summed E-state index contributed by atoms with van der Waals surface area (Å²) in [5.74, 6) is 2.46. The molecule has 2 aliphatic heterocycles. The number of methoxy groups -OCH3 is 1. The van der Waals surface area contributed by atoms with Crippen LogP contribution in [0.15, 0.2) is 12.1 Å². The number of rotatable bonds is 1. The lowest BCUT2D eigenvalue weighted by Crippen LogP contribution is -2.62. The van der Waals surface area contributed by atoms with Crippen LogP contribution in [0.4, 0.5) is 0 Å². The second-order valence-corrected chi connectivity index (χ2v) is 7.62. The van der Waals surface area contributed by atoms with Gasteiger partial charge in [-0.2, -0.15) is 0 Å². The predicted octanol–water partition coefficient (Wildman–Crippen LogP) is 2.32. The molecular formula is C19H23NO3. The van der Waals surface area contributed by atoms with Crippen LogP contribution in [0.2, 0.25) is 0 Å². The van der Waals surface area contributed by atoms with Crippen molar-refractivity contribution in [2.45, 2.75) is 49.7 Å². The molecule has 0 radical (unpaired) electrons. The van der Waals surface area contributed by atoms with E-state index < -0.39 is 0 Å². The zero-order chi connectivity index (χ0) is 15.8. The predicted molar refractivity (Wildman–Crippen MR) is 86.2 cm³/mol. The fourth-order valence-corrected chi connectivity index (χ4v) is 5.91. The van der Waals surface area contributed by atoms with Gasteiger partial charge in [-0.3, -0.25) is 4.79 Å². The number of nitrogens with zero attached hydrogens (tertiary/aromatic N) is 1. The third-order valence-electron chi connectivity index (χ3n) is 6.87. The molecule has 2 aliphatic carbocycles. The van der Waals surface area contributed by atoms with Gasteiger partial charge in [-0.25, -0.2) is 0 Å². The van der Waals surface area contributed by atoms with Gasteiger partial charge in [0.1, 0.15) is 0 Å². The summed E-state index contributed by atoms with van der Waals surface area (Å²) in [5.41, 5.74) is 2.58. The highest BCUT2D eigenvalue weighted by Gasteiger charge is 2.64. The van der Waals surface area contributed by atoms with Crippen LogP contribution in [0.5, 0.6) is 11.5 Å². The number of Topliss-reactive ketones (excluding diaryl/α,β-unsaturated/α-hetero) is 1. The summed E-state index contributed by atoms with van der Waals surface area (Å²) < 4.78 is 11.9. The molecule has 23 heavy (non-hydrogen) atoms. The van der Waals surface area contributed by atoms with Crippen molar-refractivity contribution in [2.75, 3.05) is 20.7 Å². The topological polar surface area (TPSA) is 38.8 Å². The number of hydrogen-bond donors (Lipinski definition) is 0. The van der Waals surface area contributed by atoms with Crippen molar-refractivity contribution in [1.29, 1.82) is 0 Å². The van der Waals surface area contributed by atoms with Gasteiger partial charge in [-0.05, 0) is 56.8 Å². The number of hydrogen-bond acceptors (Lipinski definition) is 4. The number of likely N-dealkylation sites (tertiary alicyclic amines) is 1. The van der Waals surface area contributed by atoms with Crippen molar-refractivity contribution in [3.8, 4) is 11.5 Å². The molecule has 2 fully saturated rings. The van der Waals surface area contributed by atoms with E-state index in [1.807, 2.05) is 6.07 Å². The third kappa shape index (κ3) is 1.53. The summed E-state index contributed by atoms with van der Waals surface area (Å²) in [6.45, 7) is 1.05. The maximum absolute atomic E-state index is 12.7. The number of aryl methyl sites for hydroxylation is 1. The monoisotopic (exact) mass is 313 g/mol. The van der Waals surface area contributed by atoms with Crippen LogP contribution in [0.25, 0.3) is 0 Å². The summed E-state index contributed by atoms with van der Waals surface area (Å²) in [6.07, 6.45) is 4.65. The Bertz CT molecular complexity index is 700. The van der Waals surface area contributed by atoms with Crippen molar-refractivity contribution in [3.63, 3.8) is 0 Å². The molecular weight excluding hydrogens is 290 g/mol. The molecule has 4 nitrogen and oxygen atoms in total. The zero-order valence-electron chi connectivity index (χ0n) is 13.8. The number of carbonyl (C=O) groups excluding carboxylic acids is 1. The molecule has 4 unspecified atom stereocenters. The van der Waals surface area contributed by atoms with E-state index in [1.54, 1.807) is 7.11 Å². The maximum Gasteiger partial charge on any atom is 0.174 e. The molecule has 4 atom stereocenters. The standard InChI is InChI=1S/C19H23NO3/c1-20-10-9-19-12-5-7-14(21)18(19)23-17-15(22-2)8-4-11(16(17)19)3-6-13(12)20/h4,8,12-13,18H,3,5-7,9-10H2,1-2H3. The molecule has 2 bridgehead atoms. The van der Waals surface area contributed by atoms with Crippen molar-refractivity contribution in [1.82, 2.24) is 4.90 Å². The molecule has 5 rings (SSSR count). The summed E-state index contributed by atoms with van der Waals surface area (Å²) in [4.78, 5) is 15.3. The largest absolute Gasteiger partial charge is 0.493 e. The normalized spacial score (nSPS) is 37.8. The number of ether oxygens (including phenoxy) is 2. The highest BCUT2D eigenvalue weighted by Crippen LogP contribution is 2.62. The fraction of sp³-hybridized carbons (Fsp3) is 0.632. The first-order valence-corrected chi connectivity index (χ1v) is 8.77. The Morgan fingerprint density at radius 1 is 1.30 bits per heavy atom. The summed E-state index contributed by atoms with van der Waals surface area (Å²) in [7, 11) is 3.94. The lowest BCUT2D eigenvalue weighted by Gasteiger charge is -2.53. The van der Waals surface area contributed by atoms with Gasteiger partial charge in [0.05, 0.1) is 7.11 Å². The lowest BCUT2D eigenvalue weighted by molar-refractivity contribution is -0.137. The molecule has 4 aliphatic rings. The van der Waals surface area contributed by atoms with Gasteiger partial charge < -0.3 is 14.4 Å². The van der Waals surface area contributed by atoms with E-state index >= 15 is 0 Å². The lowest BCUT2D eigenvalue weighted by atomic mass is 9.56. The Morgan fingerprint density at radius 3 is 3.00 bits per heavy atom. The molecule has 1 saturated heterocycles. The smallest absolute Gasteiger partial charge is 0.174 e. The summed E-state index contributed by atoms with van der Waals surface area (Å²) >= 11 is 0. The van der Waals surface area contributed by atoms with E-state index in [0.29, 0.717) is 18.4 Å². The van der Waals surface area contributed by atoms with Gasteiger partial charge in [0.2, 0.25) is 0 Å². The molecule has 0 amide bonds. The molecule has 4 heteroatoms. The van der Waals surface area contributed by atoms with E-state index in [-0.39, 0.29) is 17.3 Å². The highest BCUT2D eigenvalue weighted by molar-refractivity contribution is 5.89. The van der Waals surface area contributed by atoms with Crippen molar-refractivity contribution in [2.24, 2.45) is 5.92 Å². The number of benzene rings is 1. The number of carbonyl (C=O) groups is 1.